The number of allylic oxidation sites excluding steroid dienone is 1. The zero-order chi connectivity index (χ0) is 20.3. The van der Waals surface area contributed by atoms with Crippen molar-refractivity contribution < 1.29 is 18.7 Å². The molecule has 0 spiro atoms. The third-order valence-corrected chi connectivity index (χ3v) is 4.84. The SMILES string of the molecule is CC1=C(C(=O)OC(C)C)[C@@H](c2ccccc2)CC(=O)N1Cc1ccc(F)cc1. The molecular weight excluding hydrogens is 357 g/mol. The van der Waals surface area contributed by atoms with Crippen molar-refractivity contribution in [1.29, 1.82) is 0 Å². The third-order valence-electron chi connectivity index (χ3n) is 4.84. The summed E-state index contributed by atoms with van der Waals surface area (Å²) in [7, 11) is 0. The molecule has 146 valence electrons. The van der Waals surface area contributed by atoms with Crippen molar-refractivity contribution >= 4 is 11.9 Å². The highest BCUT2D eigenvalue weighted by Crippen LogP contribution is 2.37. The first-order valence-corrected chi connectivity index (χ1v) is 9.38. The second kappa shape index (κ2) is 8.38. The lowest BCUT2D eigenvalue weighted by Crippen LogP contribution is -2.38. The summed E-state index contributed by atoms with van der Waals surface area (Å²) in [5.41, 5.74) is 2.79. The van der Waals surface area contributed by atoms with E-state index < -0.39 is 5.97 Å². The van der Waals surface area contributed by atoms with E-state index in [2.05, 4.69) is 0 Å². The van der Waals surface area contributed by atoms with Crippen LogP contribution in [0.5, 0.6) is 0 Å². The maximum Gasteiger partial charge on any atom is 0.336 e. The molecule has 1 amide bonds. The van der Waals surface area contributed by atoms with Crippen LogP contribution in [0.4, 0.5) is 4.39 Å². The van der Waals surface area contributed by atoms with Crippen LogP contribution in [0.2, 0.25) is 0 Å². The van der Waals surface area contributed by atoms with Crippen molar-refractivity contribution in [2.45, 2.75) is 45.8 Å². The van der Waals surface area contributed by atoms with E-state index in [9.17, 15) is 14.0 Å². The first kappa shape index (κ1) is 19.8. The Bertz CT molecular complexity index is 888. The monoisotopic (exact) mass is 381 g/mol. The Morgan fingerprint density at radius 3 is 2.39 bits per heavy atom. The minimum absolute atomic E-state index is 0.0724. The van der Waals surface area contributed by atoms with Crippen LogP contribution in [0.1, 0.15) is 44.2 Å². The number of hydrogen-bond donors (Lipinski definition) is 0. The molecular formula is C23H24FNO3. The number of carbonyl (C=O) groups is 2. The van der Waals surface area contributed by atoms with Gasteiger partial charge in [-0.25, -0.2) is 9.18 Å². The van der Waals surface area contributed by atoms with E-state index in [0.29, 0.717) is 11.3 Å². The van der Waals surface area contributed by atoms with Gasteiger partial charge in [-0.15, -0.1) is 0 Å². The van der Waals surface area contributed by atoms with Crippen LogP contribution >= 0.6 is 0 Å². The van der Waals surface area contributed by atoms with Gasteiger partial charge < -0.3 is 9.64 Å². The van der Waals surface area contributed by atoms with Gasteiger partial charge in [-0.1, -0.05) is 42.5 Å². The van der Waals surface area contributed by atoms with Gasteiger partial charge in [0.05, 0.1) is 18.2 Å². The van der Waals surface area contributed by atoms with E-state index in [0.717, 1.165) is 11.1 Å². The Labute approximate surface area is 164 Å². The highest BCUT2D eigenvalue weighted by molar-refractivity contribution is 5.96. The first-order chi connectivity index (χ1) is 13.4. The van der Waals surface area contributed by atoms with E-state index in [4.69, 9.17) is 4.74 Å². The number of carbonyl (C=O) groups excluding carboxylic acids is 2. The summed E-state index contributed by atoms with van der Waals surface area (Å²) in [6, 6.07) is 15.5. The molecule has 1 atom stereocenters. The van der Waals surface area contributed by atoms with Crippen LogP contribution < -0.4 is 0 Å². The van der Waals surface area contributed by atoms with E-state index in [1.165, 1.54) is 12.1 Å². The van der Waals surface area contributed by atoms with Crippen LogP contribution in [-0.2, 0) is 20.9 Å². The van der Waals surface area contributed by atoms with Gasteiger partial charge in [0, 0.05) is 18.0 Å². The Kier molecular flexibility index (Phi) is 5.93. The molecule has 5 heteroatoms. The summed E-state index contributed by atoms with van der Waals surface area (Å²) in [5, 5.41) is 0. The van der Waals surface area contributed by atoms with Gasteiger partial charge in [-0.3, -0.25) is 4.79 Å². The van der Waals surface area contributed by atoms with Crippen molar-refractivity contribution in [2.75, 3.05) is 0 Å². The topological polar surface area (TPSA) is 46.6 Å². The van der Waals surface area contributed by atoms with Gasteiger partial charge in [-0.2, -0.15) is 0 Å². The van der Waals surface area contributed by atoms with Gasteiger partial charge in [0.15, 0.2) is 0 Å². The number of halogens is 1. The molecule has 0 unspecified atom stereocenters. The number of nitrogens with zero attached hydrogens (tertiary/aromatic N) is 1. The number of benzene rings is 2. The fourth-order valence-electron chi connectivity index (χ4n) is 3.49. The second-order valence-corrected chi connectivity index (χ2v) is 7.23. The summed E-state index contributed by atoms with van der Waals surface area (Å²) < 4.78 is 18.7. The Morgan fingerprint density at radius 1 is 1.14 bits per heavy atom. The average Bonchev–Trinajstić information content (AvgIpc) is 2.66. The Morgan fingerprint density at radius 2 is 1.79 bits per heavy atom. The predicted molar refractivity (Wildman–Crippen MR) is 105 cm³/mol. The minimum atomic E-state index is -0.405. The zero-order valence-electron chi connectivity index (χ0n) is 16.3. The van der Waals surface area contributed by atoms with Gasteiger partial charge in [-0.05, 0) is 44.0 Å². The number of hydrogen-bond acceptors (Lipinski definition) is 3. The summed E-state index contributed by atoms with van der Waals surface area (Å²) in [4.78, 5) is 27.4. The van der Waals surface area contributed by atoms with Crippen molar-refractivity contribution in [3.05, 3.63) is 82.8 Å². The van der Waals surface area contributed by atoms with Crippen molar-refractivity contribution in [2.24, 2.45) is 0 Å². The molecule has 1 heterocycles. The normalized spacial score (nSPS) is 17.2. The molecule has 3 rings (SSSR count). The van der Waals surface area contributed by atoms with Crippen LogP contribution in [0, 0.1) is 5.82 Å². The summed E-state index contributed by atoms with van der Waals surface area (Å²) in [6.07, 6.45) is -0.0714. The van der Waals surface area contributed by atoms with Gasteiger partial charge in [0.25, 0.3) is 0 Å². The van der Waals surface area contributed by atoms with Crippen LogP contribution in [0.15, 0.2) is 65.9 Å². The molecule has 4 nitrogen and oxygen atoms in total. The molecule has 2 aromatic carbocycles. The lowest BCUT2D eigenvalue weighted by atomic mass is 9.83. The lowest BCUT2D eigenvalue weighted by Gasteiger charge is -2.34. The van der Waals surface area contributed by atoms with E-state index >= 15 is 0 Å². The van der Waals surface area contributed by atoms with Crippen LogP contribution in [0.3, 0.4) is 0 Å². The molecule has 1 aliphatic rings. The first-order valence-electron chi connectivity index (χ1n) is 9.38. The molecule has 0 saturated carbocycles. The van der Waals surface area contributed by atoms with E-state index in [1.807, 2.05) is 30.3 Å². The van der Waals surface area contributed by atoms with Crippen molar-refractivity contribution in [3.8, 4) is 0 Å². The molecule has 0 aliphatic carbocycles. The average molecular weight is 381 g/mol. The lowest BCUT2D eigenvalue weighted by molar-refractivity contribution is -0.143. The quantitative estimate of drug-likeness (QED) is 0.713. The van der Waals surface area contributed by atoms with Crippen molar-refractivity contribution in [1.82, 2.24) is 4.90 Å². The molecule has 0 N–H and O–H groups in total. The molecule has 0 fully saturated rings. The summed E-state index contributed by atoms with van der Waals surface area (Å²) in [6.45, 7) is 5.66. The molecule has 0 radical (unpaired) electrons. The largest absolute Gasteiger partial charge is 0.460 e. The summed E-state index contributed by atoms with van der Waals surface area (Å²) in [5.74, 6) is -1.15. The molecule has 28 heavy (non-hydrogen) atoms. The predicted octanol–water partition coefficient (Wildman–Crippen LogP) is 4.57. The maximum atomic E-state index is 13.2. The highest BCUT2D eigenvalue weighted by atomic mass is 19.1. The number of esters is 1. The molecule has 2 aromatic rings. The fraction of sp³-hybridized carbons (Fsp3) is 0.304. The molecule has 0 bridgehead atoms. The Hall–Kier alpha value is -2.95. The number of ether oxygens (including phenoxy) is 1. The second-order valence-electron chi connectivity index (χ2n) is 7.23. The third kappa shape index (κ3) is 4.30. The Balaban J connectivity index is 2.01. The van der Waals surface area contributed by atoms with Crippen LogP contribution in [0.25, 0.3) is 0 Å². The molecule has 1 aliphatic heterocycles. The standard InChI is InChI=1S/C23H24FNO3/c1-15(2)28-23(27)22-16(3)25(14-17-9-11-19(24)12-10-17)21(26)13-20(22)18-7-5-4-6-8-18/h4-12,15,20H,13-14H2,1-3H3/t20-/m1/s1. The minimum Gasteiger partial charge on any atom is -0.460 e. The number of amides is 1. The van der Waals surface area contributed by atoms with E-state index in [-0.39, 0.29) is 36.7 Å². The molecule has 0 aromatic heterocycles. The number of rotatable bonds is 5. The fourth-order valence-corrected chi connectivity index (χ4v) is 3.49. The van der Waals surface area contributed by atoms with Gasteiger partial charge >= 0.3 is 5.97 Å². The zero-order valence-corrected chi connectivity index (χ0v) is 16.3. The maximum absolute atomic E-state index is 13.2. The summed E-state index contributed by atoms with van der Waals surface area (Å²) >= 11 is 0. The smallest absolute Gasteiger partial charge is 0.336 e. The van der Waals surface area contributed by atoms with Gasteiger partial charge in [0.1, 0.15) is 5.82 Å². The molecule has 0 saturated heterocycles. The highest BCUT2D eigenvalue weighted by Gasteiger charge is 2.37. The van der Waals surface area contributed by atoms with Gasteiger partial charge in [0.2, 0.25) is 5.91 Å². The van der Waals surface area contributed by atoms with Crippen molar-refractivity contribution in [3.63, 3.8) is 0 Å². The van der Waals surface area contributed by atoms with Crippen LogP contribution in [-0.4, -0.2) is 22.9 Å². The van der Waals surface area contributed by atoms with E-state index in [1.54, 1.807) is 37.8 Å².